The zero-order valence-corrected chi connectivity index (χ0v) is 15.0. The zero-order chi connectivity index (χ0) is 16.8. The first-order chi connectivity index (χ1) is 11.0. The standard InChI is InChI=1S/C18H27NO3S/c1-13(2)22-17-11-7-4-8-15(17)12-23(21)14(3)18(20)19-16-9-5-6-10-16/h4,7-8,11,13-14,16H,5-6,9-10,12H2,1-3H3,(H,19,20)/t14-,23-/m1/s1. The Morgan fingerprint density at radius 3 is 2.57 bits per heavy atom. The summed E-state index contributed by atoms with van der Waals surface area (Å²) in [7, 11) is -1.26. The maximum atomic E-state index is 12.6. The normalized spacial score (nSPS) is 17.9. The summed E-state index contributed by atoms with van der Waals surface area (Å²) < 4.78 is 18.3. The van der Waals surface area contributed by atoms with Crippen LogP contribution in [0.15, 0.2) is 24.3 Å². The third kappa shape index (κ3) is 5.34. The molecule has 0 radical (unpaired) electrons. The van der Waals surface area contributed by atoms with Crippen LogP contribution in [0.4, 0.5) is 0 Å². The number of carbonyl (C=O) groups excluding carboxylic acids is 1. The Hall–Kier alpha value is -1.36. The van der Waals surface area contributed by atoms with Crippen molar-refractivity contribution in [1.29, 1.82) is 0 Å². The first-order valence-corrected chi connectivity index (χ1v) is 9.77. The highest BCUT2D eigenvalue weighted by molar-refractivity contribution is 7.85. The van der Waals surface area contributed by atoms with Crippen LogP contribution in [0.1, 0.15) is 52.0 Å². The molecule has 0 aliphatic heterocycles. The number of para-hydroxylation sites is 1. The number of rotatable bonds is 7. The first kappa shape index (κ1) is 18.0. The van der Waals surface area contributed by atoms with Crippen molar-refractivity contribution in [3.63, 3.8) is 0 Å². The molecule has 1 amide bonds. The van der Waals surface area contributed by atoms with Gasteiger partial charge in [-0.3, -0.25) is 9.00 Å². The summed E-state index contributed by atoms with van der Waals surface area (Å²) in [5.74, 6) is 0.985. The van der Waals surface area contributed by atoms with Crippen LogP contribution in [0.25, 0.3) is 0 Å². The smallest absolute Gasteiger partial charge is 0.235 e. The molecular weight excluding hydrogens is 310 g/mol. The van der Waals surface area contributed by atoms with Crippen molar-refractivity contribution in [3.05, 3.63) is 29.8 Å². The van der Waals surface area contributed by atoms with Crippen LogP contribution < -0.4 is 10.1 Å². The topological polar surface area (TPSA) is 55.4 Å². The van der Waals surface area contributed by atoms with Gasteiger partial charge in [-0.2, -0.15) is 0 Å². The molecule has 128 valence electrons. The third-order valence-electron chi connectivity index (χ3n) is 4.10. The SMILES string of the molecule is CC(C)Oc1ccccc1C[S@@](=O)[C@H](C)C(=O)NC1CCCC1. The molecule has 0 aromatic heterocycles. The van der Waals surface area contributed by atoms with Crippen molar-refractivity contribution in [2.24, 2.45) is 0 Å². The van der Waals surface area contributed by atoms with Gasteiger partial charge in [-0.15, -0.1) is 0 Å². The van der Waals surface area contributed by atoms with Gasteiger partial charge in [-0.05, 0) is 39.7 Å². The molecule has 1 N–H and O–H groups in total. The van der Waals surface area contributed by atoms with Crippen LogP contribution in [0.3, 0.4) is 0 Å². The minimum absolute atomic E-state index is 0.0627. The van der Waals surface area contributed by atoms with Crippen LogP contribution in [0.2, 0.25) is 0 Å². The summed E-state index contributed by atoms with van der Waals surface area (Å²) in [5.41, 5.74) is 0.889. The molecule has 0 bridgehead atoms. The summed E-state index contributed by atoms with van der Waals surface area (Å²) in [5, 5.41) is 2.52. The second-order valence-electron chi connectivity index (χ2n) is 6.43. The molecule has 2 rings (SSSR count). The van der Waals surface area contributed by atoms with Gasteiger partial charge in [-0.1, -0.05) is 31.0 Å². The molecule has 4 nitrogen and oxygen atoms in total. The van der Waals surface area contributed by atoms with E-state index in [0.29, 0.717) is 5.75 Å². The maximum absolute atomic E-state index is 12.6. The summed E-state index contributed by atoms with van der Waals surface area (Å²) in [6.45, 7) is 5.67. The molecule has 1 aliphatic rings. The first-order valence-electron chi connectivity index (χ1n) is 8.39. The summed E-state index contributed by atoms with van der Waals surface area (Å²) >= 11 is 0. The molecule has 0 spiro atoms. The predicted molar refractivity (Wildman–Crippen MR) is 93.9 cm³/mol. The lowest BCUT2D eigenvalue weighted by Gasteiger charge is -2.18. The summed E-state index contributed by atoms with van der Waals surface area (Å²) in [4.78, 5) is 12.3. The number of hydrogen-bond acceptors (Lipinski definition) is 3. The average Bonchev–Trinajstić information content (AvgIpc) is 3.00. The van der Waals surface area contributed by atoms with Crippen molar-refractivity contribution in [2.45, 2.75) is 69.6 Å². The molecule has 1 aromatic carbocycles. The second kappa shape index (κ2) is 8.48. The van der Waals surface area contributed by atoms with Crippen LogP contribution in [-0.4, -0.2) is 27.5 Å². The summed E-state index contributed by atoms with van der Waals surface area (Å²) in [6.07, 6.45) is 4.48. The molecule has 0 heterocycles. The number of ether oxygens (including phenoxy) is 1. The molecule has 0 unspecified atom stereocenters. The van der Waals surface area contributed by atoms with Gasteiger partial charge in [0.15, 0.2) is 0 Å². The van der Waals surface area contributed by atoms with Gasteiger partial charge in [0.1, 0.15) is 11.0 Å². The van der Waals surface area contributed by atoms with Gasteiger partial charge >= 0.3 is 0 Å². The van der Waals surface area contributed by atoms with Gasteiger partial charge < -0.3 is 10.1 Å². The Labute approximate surface area is 141 Å². The van der Waals surface area contributed by atoms with Crippen LogP contribution >= 0.6 is 0 Å². The number of nitrogens with one attached hydrogen (secondary N) is 1. The minimum Gasteiger partial charge on any atom is -0.491 e. The van der Waals surface area contributed by atoms with Gasteiger partial charge in [0.2, 0.25) is 5.91 Å². The second-order valence-corrected chi connectivity index (χ2v) is 8.19. The monoisotopic (exact) mass is 337 g/mol. The molecular formula is C18H27NO3S. The lowest BCUT2D eigenvalue weighted by molar-refractivity contribution is -0.121. The van der Waals surface area contributed by atoms with Crippen molar-refractivity contribution in [2.75, 3.05) is 0 Å². The highest BCUT2D eigenvalue weighted by Crippen LogP contribution is 2.22. The molecule has 1 aliphatic carbocycles. The fourth-order valence-electron chi connectivity index (χ4n) is 2.78. The van der Waals surface area contributed by atoms with E-state index in [1.807, 2.05) is 38.1 Å². The zero-order valence-electron chi connectivity index (χ0n) is 14.2. The van der Waals surface area contributed by atoms with Crippen molar-refractivity contribution >= 4 is 16.7 Å². The Morgan fingerprint density at radius 2 is 1.91 bits per heavy atom. The maximum Gasteiger partial charge on any atom is 0.235 e. The predicted octanol–water partition coefficient (Wildman–Crippen LogP) is 3.17. The number of carbonyl (C=O) groups is 1. The molecule has 1 saturated carbocycles. The van der Waals surface area contributed by atoms with Gasteiger partial charge in [0, 0.05) is 22.4 Å². The van der Waals surface area contributed by atoms with Crippen molar-refractivity contribution in [1.82, 2.24) is 5.32 Å². The number of hydrogen-bond donors (Lipinski definition) is 1. The lowest BCUT2D eigenvalue weighted by atomic mass is 10.2. The Bertz CT molecular complexity index is 553. The van der Waals surface area contributed by atoms with Crippen LogP contribution in [0.5, 0.6) is 5.75 Å². The molecule has 5 heteroatoms. The fourth-order valence-corrected chi connectivity index (χ4v) is 3.88. The van der Waals surface area contributed by atoms with Gasteiger partial charge in [0.25, 0.3) is 0 Å². The quantitative estimate of drug-likeness (QED) is 0.831. The van der Waals surface area contributed by atoms with E-state index in [1.54, 1.807) is 6.92 Å². The van der Waals surface area contributed by atoms with E-state index in [-0.39, 0.29) is 18.1 Å². The molecule has 23 heavy (non-hydrogen) atoms. The average molecular weight is 337 g/mol. The van der Waals surface area contributed by atoms with E-state index in [4.69, 9.17) is 4.74 Å². The van der Waals surface area contributed by atoms with Gasteiger partial charge in [0.05, 0.1) is 11.9 Å². The summed E-state index contributed by atoms with van der Waals surface area (Å²) in [6, 6.07) is 7.87. The van der Waals surface area contributed by atoms with Crippen LogP contribution in [-0.2, 0) is 21.3 Å². The van der Waals surface area contributed by atoms with E-state index in [0.717, 1.165) is 24.2 Å². The van der Waals surface area contributed by atoms with E-state index < -0.39 is 16.0 Å². The minimum atomic E-state index is -1.26. The lowest BCUT2D eigenvalue weighted by Crippen LogP contribution is -2.40. The molecule has 2 atom stereocenters. The Balaban J connectivity index is 1.96. The van der Waals surface area contributed by atoms with E-state index in [9.17, 15) is 9.00 Å². The van der Waals surface area contributed by atoms with E-state index >= 15 is 0 Å². The number of benzene rings is 1. The fraction of sp³-hybridized carbons (Fsp3) is 0.611. The van der Waals surface area contributed by atoms with E-state index in [2.05, 4.69) is 5.32 Å². The third-order valence-corrected chi connectivity index (χ3v) is 5.70. The Morgan fingerprint density at radius 1 is 1.26 bits per heavy atom. The molecule has 1 fully saturated rings. The van der Waals surface area contributed by atoms with Gasteiger partial charge in [-0.25, -0.2) is 0 Å². The highest BCUT2D eigenvalue weighted by atomic mass is 32.2. The number of amides is 1. The molecule has 1 aromatic rings. The Kier molecular flexibility index (Phi) is 6.63. The van der Waals surface area contributed by atoms with E-state index in [1.165, 1.54) is 12.8 Å². The van der Waals surface area contributed by atoms with Crippen molar-refractivity contribution < 1.29 is 13.7 Å². The van der Waals surface area contributed by atoms with Crippen molar-refractivity contribution in [3.8, 4) is 5.75 Å². The van der Waals surface area contributed by atoms with Crippen LogP contribution in [0, 0.1) is 0 Å². The largest absolute Gasteiger partial charge is 0.491 e. The molecule has 0 saturated heterocycles. The highest BCUT2D eigenvalue weighted by Gasteiger charge is 2.25.